The van der Waals surface area contributed by atoms with Gasteiger partial charge in [0.15, 0.2) is 0 Å². The fourth-order valence-electron chi connectivity index (χ4n) is 4.16. The monoisotopic (exact) mass is 370 g/mol. The lowest BCUT2D eigenvalue weighted by Gasteiger charge is -2.40. The molecule has 0 amide bonds. The topological polar surface area (TPSA) is 40.6 Å². The number of hydrogen-bond donors (Lipinski definition) is 0. The van der Waals surface area contributed by atoms with Gasteiger partial charge in [0.05, 0.1) is 4.90 Å². The van der Waals surface area contributed by atoms with E-state index in [2.05, 4.69) is 24.0 Å². The largest absolute Gasteiger partial charge is 0.366 e. The van der Waals surface area contributed by atoms with Crippen LogP contribution in [0, 0.1) is 0 Å². The van der Waals surface area contributed by atoms with E-state index < -0.39 is 10.0 Å². The van der Waals surface area contributed by atoms with E-state index >= 15 is 0 Å². The Bertz CT molecular complexity index is 880. The molecule has 1 atom stereocenters. The Morgan fingerprint density at radius 3 is 2.38 bits per heavy atom. The van der Waals surface area contributed by atoms with E-state index in [9.17, 15) is 8.42 Å². The number of anilines is 1. The predicted molar refractivity (Wildman–Crippen MR) is 105 cm³/mol. The zero-order valence-electron chi connectivity index (χ0n) is 15.3. The second-order valence-corrected chi connectivity index (χ2v) is 9.32. The lowest BCUT2D eigenvalue weighted by atomic mass is 9.92. The standard InChI is InChI=1S/C21H26N2O2S/c1-17-16-22(13-14-23(17)20-9-3-2-4-10-20)26(24,25)21-12-11-18-7-5-6-8-19(18)15-21/h2-4,9-12,15,17H,5-8,13-14,16H2,1H3. The fraction of sp³-hybridized carbons (Fsp3) is 0.429. The predicted octanol–water partition coefficient (Wildman–Crippen LogP) is 3.46. The van der Waals surface area contributed by atoms with Gasteiger partial charge in [-0.05, 0) is 68.0 Å². The maximum atomic E-state index is 13.2. The van der Waals surface area contributed by atoms with Crippen molar-refractivity contribution < 1.29 is 8.42 Å². The molecule has 1 unspecified atom stereocenters. The summed E-state index contributed by atoms with van der Waals surface area (Å²) in [5, 5.41) is 0. The molecule has 4 rings (SSSR count). The van der Waals surface area contributed by atoms with Gasteiger partial charge in [-0.2, -0.15) is 4.31 Å². The highest BCUT2D eigenvalue weighted by Gasteiger charge is 2.32. The second kappa shape index (κ2) is 7.05. The number of para-hydroxylation sites is 1. The molecule has 0 saturated carbocycles. The van der Waals surface area contributed by atoms with Gasteiger partial charge in [0.1, 0.15) is 0 Å². The zero-order valence-corrected chi connectivity index (χ0v) is 16.1. The normalized spacial score (nSPS) is 21.4. The van der Waals surface area contributed by atoms with Crippen LogP contribution < -0.4 is 4.90 Å². The maximum absolute atomic E-state index is 13.2. The van der Waals surface area contributed by atoms with Crippen LogP contribution in [-0.2, 0) is 22.9 Å². The van der Waals surface area contributed by atoms with E-state index in [1.807, 2.05) is 30.3 Å². The summed E-state index contributed by atoms with van der Waals surface area (Å²) in [7, 11) is -3.43. The third-order valence-corrected chi connectivity index (χ3v) is 7.50. The lowest BCUT2D eigenvalue weighted by molar-refractivity contribution is 0.342. The first-order valence-electron chi connectivity index (χ1n) is 9.49. The van der Waals surface area contributed by atoms with Gasteiger partial charge in [-0.1, -0.05) is 24.3 Å². The summed E-state index contributed by atoms with van der Waals surface area (Å²) < 4.78 is 28.0. The molecule has 4 nitrogen and oxygen atoms in total. The van der Waals surface area contributed by atoms with Crippen LogP contribution in [0.2, 0.25) is 0 Å². The second-order valence-electron chi connectivity index (χ2n) is 7.38. The number of rotatable bonds is 3. The highest BCUT2D eigenvalue weighted by Crippen LogP contribution is 2.28. The molecule has 2 aromatic rings. The van der Waals surface area contributed by atoms with Gasteiger partial charge in [-0.3, -0.25) is 0 Å². The van der Waals surface area contributed by atoms with Crippen LogP contribution in [0.15, 0.2) is 53.4 Å². The van der Waals surface area contributed by atoms with Gasteiger partial charge in [0, 0.05) is 31.4 Å². The molecule has 0 radical (unpaired) electrons. The van der Waals surface area contributed by atoms with Crippen molar-refractivity contribution in [1.29, 1.82) is 0 Å². The van der Waals surface area contributed by atoms with Crippen molar-refractivity contribution >= 4 is 15.7 Å². The van der Waals surface area contributed by atoms with Gasteiger partial charge in [-0.15, -0.1) is 0 Å². The molecule has 0 aromatic heterocycles. The SMILES string of the molecule is CC1CN(S(=O)(=O)c2ccc3c(c2)CCCC3)CCN1c1ccccc1. The Balaban J connectivity index is 1.54. The third kappa shape index (κ3) is 3.26. The average Bonchev–Trinajstić information content (AvgIpc) is 2.68. The van der Waals surface area contributed by atoms with Gasteiger partial charge < -0.3 is 4.90 Å². The number of hydrogen-bond acceptors (Lipinski definition) is 3. The molecule has 5 heteroatoms. The van der Waals surface area contributed by atoms with Crippen LogP contribution in [0.4, 0.5) is 5.69 Å². The van der Waals surface area contributed by atoms with Crippen LogP contribution in [0.3, 0.4) is 0 Å². The van der Waals surface area contributed by atoms with Crippen LogP contribution in [-0.4, -0.2) is 38.4 Å². The van der Waals surface area contributed by atoms with Crippen molar-refractivity contribution in [1.82, 2.24) is 4.31 Å². The summed E-state index contributed by atoms with van der Waals surface area (Å²) in [5.74, 6) is 0. The quantitative estimate of drug-likeness (QED) is 0.831. The molecule has 26 heavy (non-hydrogen) atoms. The molecular weight excluding hydrogens is 344 g/mol. The third-order valence-electron chi connectivity index (χ3n) is 5.64. The number of aryl methyl sites for hydroxylation is 2. The molecule has 138 valence electrons. The average molecular weight is 371 g/mol. The first-order chi connectivity index (χ1) is 12.6. The van der Waals surface area contributed by atoms with Crippen LogP contribution in [0.5, 0.6) is 0 Å². The smallest absolute Gasteiger partial charge is 0.243 e. The summed E-state index contributed by atoms with van der Waals surface area (Å²) in [5.41, 5.74) is 3.69. The van der Waals surface area contributed by atoms with Crippen molar-refractivity contribution in [2.75, 3.05) is 24.5 Å². The Kier molecular flexibility index (Phi) is 4.76. The summed E-state index contributed by atoms with van der Waals surface area (Å²) in [6, 6.07) is 16.1. The number of piperazine rings is 1. The Morgan fingerprint density at radius 2 is 1.65 bits per heavy atom. The number of nitrogens with zero attached hydrogens (tertiary/aromatic N) is 2. The van der Waals surface area contributed by atoms with E-state index in [0.717, 1.165) is 31.5 Å². The molecule has 0 N–H and O–H groups in total. The molecule has 1 fully saturated rings. The van der Waals surface area contributed by atoms with Crippen molar-refractivity contribution in [2.24, 2.45) is 0 Å². The molecule has 1 aliphatic carbocycles. The molecular formula is C21H26N2O2S. The van der Waals surface area contributed by atoms with Gasteiger partial charge in [-0.25, -0.2) is 8.42 Å². The maximum Gasteiger partial charge on any atom is 0.243 e. The molecule has 0 spiro atoms. The van der Waals surface area contributed by atoms with E-state index in [4.69, 9.17) is 0 Å². The van der Waals surface area contributed by atoms with Gasteiger partial charge >= 0.3 is 0 Å². The van der Waals surface area contributed by atoms with Crippen LogP contribution in [0.1, 0.15) is 30.9 Å². The molecule has 0 bridgehead atoms. The first-order valence-corrected chi connectivity index (χ1v) is 10.9. The first kappa shape index (κ1) is 17.6. The van der Waals surface area contributed by atoms with E-state index in [1.54, 1.807) is 10.4 Å². The van der Waals surface area contributed by atoms with Crippen molar-refractivity contribution in [3.05, 3.63) is 59.7 Å². The summed E-state index contributed by atoms with van der Waals surface area (Å²) >= 11 is 0. The van der Waals surface area contributed by atoms with Gasteiger partial charge in [0.2, 0.25) is 10.0 Å². The van der Waals surface area contributed by atoms with E-state index in [1.165, 1.54) is 17.5 Å². The molecule has 2 aliphatic rings. The summed E-state index contributed by atoms with van der Waals surface area (Å²) in [4.78, 5) is 2.75. The molecule has 1 heterocycles. The minimum Gasteiger partial charge on any atom is -0.366 e. The Hall–Kier alpha value is -1.85. The molecule has 2 aromatic carbocycles. The highest BCUT2D eigenvalue weighted by atomic mass is 32.2. The zero-order chi connectivity index (χ0) is 18.1. The van der Waals surface area contributed by atoms with E-state index in [0.29, 0.717) is 18.0 Å². The molecule has 1 aliphatic heterocycles. The number of benzene rings is 2. The molecule has 1 saturated heterocycles. The van der Waals surface area contributed by atoms with Crippen LogP contribution in [0.25, 0.3) is 0 Å². The Morgan fingerprint density at radius 1 is 0.923 bits per heavy atom. The lowest BCUT2D eigenvalue weighted by Crippen LogP contribution is -2.53. The van der Waals surface area contributed by atoms with Crippen LogP contribution >= 0.6 is 0 Å². The van der Waals surface area contributed by atoms with E-state index in [-0.39, 0.29) is 6.04 Å². The van der Waals surface area contributed by atoms with Crippen molar-refractivity contribution in [2.45, 2.75) is 43.5 Å². The van der Waals surface area contributed by atoms with Crippen molar-refractivity contribution in [3.63, 3.8) is 0 Å². The number of fused-ring (bicyclic) bond motifs is 1. The van der Waals surface area contributed by atoms with Gasteiger partial charge in [0.25, 0.3) is 0 Å². The summed E-state index contributed by atoms with van der Waals surface area (Å²) in [6.07, 6.45) is 4.43. The minimum atomic E-state index is -3.43. The van der Waals surface area contributed by atoms with Crippen molar-refractivity contribution in [3.8, 4) is 0 Å². The fourth-order valence-corrected chi connectivity index (χ4v) is 5.73. The minimum absolute atomic E-state index is 0.151. The highest BCUT2D eigenvalue weighted by molar-refractivity contribution is 7.89. The Labute approximate surface area is 156 Å². The number of sulfonamides is 1. The summed E-state index contributed by atoms with van der Waals surface area (Å²) in [6.45, 7) is 3.86.